The van der Waals surface area contributed by atoms with E-state index in [0.717, 1.165) is 0 Å². The molecule has 0 aromatic heterocycles. The van der Waals surface area contributed by atoms with Gasteiger partial charge in [0.25, 0.3) is 0 Å². The Morgan fingerprint density at radius 1 is 1.57 bits per heavy atom. The van der Waals surface area contributed by atoms with Crippen LogP contribution in [0.2, 0.25) is 0 Å². The van der Waals surface area contributed by atoms with Crippen molar-refractivity contribution in [3.8, 4) is 0 Å². The number of primary amides is 1. The third kappa shape index (κ3) is 160. The second-order valence-corrected chi connectivity index (χ2v) is 1.81. The van der Waals surface area contributed by atoms with Gasteiger partial charge in [-0.05, 0) is 0 Å². The average Bonchev–Trinajstić information content (AvgIpc) is 1.39. The molecule has 0 aliphatic heterocycles. The number of carbonyl (C=O) groups excluding carboxylic acids is 1. The van der Waals surface area contributed by atoms with Gasteiger partial charge in [0, 0.05) is 17.1 Å². The summed E-state index contributed by atoms with van der Waals surface area (Å²) < 4.78 is 0. The molecule has 0 saturated carbocycles. The first-order valence-corrected chi connectivity index (χ1v) is 3.53. The summed E-state index contributed by atoms with van der Waals surface area (Å²) in [7, 11) is 9.40. The molecule has 53 valence electrons. The van der Waals surface area contributed by atoms with Crippen LogP contribution < -0.4 is 5.73 Å². The van der Waals surface area contributed by atoms with Gasteiger partial charge in [-0.2, -0.15) is 0 Å². The molecular formula is CH3Cl2CuNNiO. The van der Waals surface area contributed by atoms with Crippen LogP contribution in [0.3, 0.4) is 0 Å². The summed E-state index contributed by atoms with van der Waals surface area (Å²) in [5.41, 5.74) is 4.17. The van der Waals surface area contributed by atoms with E-state index >= 15 is 0 Å². The number of amides is 1. The van der Waals surface area contributed by atoms with E-state index < -0.39 is 0 Å². The van der Waals surface area contributed by atoms with E-state index in [1.165, 1.54) is 0 Å². The summed E-state index contributed by atoms with van der Waals surface area (Å²) >= 11 is 0.569. The second kappa shape index (κ2) is 27.7. The minimum atomic E-state index is 0. The van der Waals surface area contributed by atoms with Crippen molar-refractivity contribution in [3.05, 3.63) is 0 Å². The number of hydrogen-bond donors (Lipinski definition) is 1. The maximum absolute atomic E-state index is 8.58. The van der Waals surface area contributed by atoms with Gasteiger partial charge in [-0.15, -0.1) is 0 Å². The first-order chi connectivity index (χ1) is 2.83. The molecule has 6 heteroatoms. The average molecular weight is 238 g/mol. The van der Waals surface area contributed by atoms with Crippen LogP contribution in [0.5, 0.6) is 0 Å². The first-order valence-electron chi connectivity index (χ1n) is 0.808. The van der Waals surface area contributed by atoms with Crippen molar-refractivity contribution in [2.24, 2.45) is 5.73 Å². The van der Waals surface area contributed by atoms with Gasteiger partial charge in [0.1, 0.15) is 0 Å². The Labute approximate surface area is 66.9 Å². The minimum Gasteiger partial charge on any atom is 0 e. The van der Waals surface area contributed by atoms with E-state index in [2.05, 4.69) is 5.73 Å². The quantitative estimate of drug-likeness (QED) is 0.484. The maximum Gasteiger partial charge on any atom is 0 e. The summed E-state index contributed by atoms with van der Waals surface area (Å²) in [5.74, 6) is 0. The third-order valence-corrected chi connectivity index (χ3v) is 0. The van der Waals surface area contributed by atoms with Crippen LogP contribution in [0, 0.1) is 0 Å². The fourth-order valence-corrected chi connectivity index (χ4v) is 0. The van der Waals surface area contributed by atoms with E-state index in [9.17, 15) is 0 Å². The van der Waals surface area contributed by atoms with Crippen molar-refractivity contribution >= 4 is 26.8 Å². The van der Waals surface area contributed by atoms with Crippen molar-refractivity contribution in [2.45, 2.75) is 0 Å². The Hall–Kier alpha value is 1.06. The molecule has 0 fully saturated rings. The zero-order valence-electron chi connectivity index (χ0n) is 2.94. The Bertz CT molecular complexity index is 31.7. The van der Waals surface area contributed by atoms with Crippen molar-refractivity contribution in [3.63, 3.8) is 0 Å². The summed E-state index contributed by atoms with van der Waals surface area (Å²) in [4.78, 5) is 8.58. The van der Waals surface area contributed by atoms with Gasteiger partial charge >= 0.3 is 33.0 Å². The van der Waals surface area contributed by atoms with Crippen molar-refractivity contribution in [2.75, 3.05) is 0 Å². The van der Waals surface area contributed by atoms with Crippen LogP contribution in [0.1, 0.15) is 0 Å². The molecule has 2 N–H and O–H groups in total. The first kappa shape index (κ1) is 15.7. The number of hydrogen-bond acceptors (Lipinski definition) is 1. The summed E-state index contributed by atoms with van der Waals surface area (Å²) in [6, 6.07) is 0. The van der Waals surface area contributed by atoms with Crippen LogP contribution in [-0.4, -0.2) is 6.41 Å². The second-order valence-electron chi connectivity index (χ2n) is 0.181. The molecule has 1 amide bonds. The molecule has 0 atom stereocenters. The van der Waals surface area contributed by atoms with E-state index in [4.69, 9.17) is 25.2 Å². The molecule has 0 aromatic carbocycles. The standard InChI is InChI=1S/CH3NO.2ClH.Cu.Ni/c2-1-3;;;;/h1H,(H2,2,3);2*1H;;/q;;;;+2/p-2. The van der Waals surface area contributed by atoms with Crippen LogP contribution in [-0.2, 0) is 34.5 Å². The Morgan fingerprint density at radius 3 is 1.57 bits per heavy atom. The molecule has 0 unspecified atom stereocenters. The zero-order valence-corrected chi connectivity index (χ0v) is 6.38. The van der Waals surface area contributed by atoms with Crippen LogP contribution >= 0.6 is 20.4 Å². The van der Waals surface area contributed by atoms with Crippen LogP contribution in [0.15, 0.2) is 0 Å². The molecule has 0 aromatic rings. The molecule has 0 heterocycles. The summed E-state index contributed by atoms with van der Waals surface area (Å²) in [5, 5.41) is 0. The molecule has 0 spiro atoms. The monoisotopic (exact) mass is 236 g/mol. The number of carbonyl (C=O) groups is 1. The molecule has 2 nitrogen and oxygen atoms in total. The number of halogens is 2. The van der Waals surface area contributed by atoms with E-state index in [-0.39, 0.29) is 23.5 Å². The van der Waals surface area contributed by atoms with Gasteiger partial charge in [-0.3, -0.25) is 4.79 Å². The molecular weight excluding hydrogens is 235 g/mol. The Kier molecular flexibility index (Phi) is 62.0. The molecule has 1 radical (unpaired) electrons. The molecule has 0 aliphatic rings. The van der Waals surface area contributed by atoms with E-state index in [1.807, 2.05) is 0 Å². The molecule has 0 saturated heterocycles. The molecule has 0 aliphatic carbocycles. The topological polar surface area (TPSA) is 43.1 Å². The minimum absolute atomic E-state index is 0. The maximum atomic E-state index is 8.58. The van der Waals surface area contributed by atoms with Crippen LogP contribution in [0.25, 0.3) is 0 Å². The summed E-state index contributed by atoms with van der Waals surface area (Å²) in [6.45, 7) is 0. The van der Waals surface area contributed by atoms with E-state index in [0.29, 0.717) is 12.7 Å². The Morgan fingerprint density at radius 2 is 1.57 bits per heavy atom. The largest absolute Gasteiger partial charge is 0 e. The van der Waals surface area contributed by atoms with E-state index in [1.54, 1.807) is 0 Å². The van der Waals surface area contributed by atoms with Gasteiger partial charge in [0.05, 0.1) is 0 Å². The van der Waals surface area contributed by atoms with Crippen molar-refractivity contribution < 1.29 is 34.5 Å². The SMILES string of the molecule is NC=O.[Cl][Ni][Cl].[Cu]. The fourth-order valence-electron chi connectivity index (χ4n) is 0. The molecule has 0 bridgehead atoms. The van der Waals surface area contributed by atoms with Crippen molar-refractivity contribution in [1.82, 2.24) is 0 Å². The summed E-state index contributed by atoms with van der Waals surface area (Å²) in [6.07, 6.45) is 0.250. The number of rotatable bonds is 0. The molecule has 0 rings (SSSR count). The smallest absolute Gasteiger partial charge is 0 e. The number of nitrogens with two attached hydrogens (primary N) is 1. The predicted octanol–water partition coefficient (Wildman–Crippen LogP) is 0.476. The van der Waals surface area contributed by atoms with Crippen molar-refractivity contribution in [1.29, 1.82) is 0 Å². The zero-order chi connectivity index (χ0) is 5.41. The van der Waals surface area contributed by atoms with Gasteiger partial charge < -0.3 is 5.73 Å². The van der Waals surface area contributed by atoms with Gasteiger partial charge in [0.15, 0.2) is 0 Å². The Balaban J connectivity index is -0.0000000400. The van der Waals surface area contributed by atoms with Crippen LogP contribution in [0.4, 0.5) is 0 Å². The van der Waals surface area contributed by atoms with Gasteiger partial charge in [0.2, 0.25) is 6.41 Å². The normalized spacial score (nSPS) is 4.86. The fraction of sp³-hybridized carbons (Fsp3) is 0. The molecule has 7 heavy (non-hydrogen) atoms. The predicted molar refractivity (Wildman–Crippen MR) is 22.0 cm³/mol. The van der Waals surface area contributed by atoms with Gasteiger partial charge in [-0.25, -0.2) is 0 Å². The van der Waals surface area contributed by atoms with Gasteiger partial charge in [-0.1, -0.05) is 0 Å². The third-order valence-electron chi connectivity index (χ3n) is 0.